The molecule has 1 heterocycles. The SMILES string of the molecule is NNC(=O)c1ccc(OCCN2C(=O)CCCC2=O)cc1. The van der Waals surface area contributed by atoms with Gasteiger partial charge in [-0.15, -0.1) is 0 Å². The van der Waals surface area contributed by atoms with Crippen LogP contribution in [0.4, 0.5) is 0 Å². The molecular formula is C14H17N3O4. The number of likely N-dealkylation sites (tertiary alicyclic amines) is 1. The molecule has 1 aromatic rings. The predicted molar refractivity (Wildman–Crippen MR) is 74.2 cm³/mol. The molecule has 0 aliphatic carbocycles. The Balaban J connectivity index is 1.84. The molecule has 21 heavy (non-hydrogen) atoms. The molecule has 1 saturated heterocycles. The molecule has 7 heteroatoms. The van der Waals surface area contributed by atoms with E-state index in [1.54, 1.807) is 24.3 Å². The molecule has 112 valence electrons. The Kier molecular flexibility index (Phi) is 4.89. The number of imide groups is 1. The number of piperidine rings is 1. The molecule has 2 rings (SSSR count). The summed E-state index contributed by atoms with van der Waals surface area (Å²) in [6, 6.07) is 6.41. The maximum Gasteiger partial charge on any atom is 0.265 e. The van der Waals surface area contributed by atoms with Gasteiger partial charge in [-0.1, -0.05) is 0 Å². The van der Waals surface area contributed by atoms with E-state index in [1.165, 1.54) is 4.90 Å². The third-order valence-corrected chi connectivity index (χ3v) is 3.21. The van der Waals surface area contributed by atoms with Crippen LogP contribution in [0.25, 0.3) is 0 Å². The Bertz CT molecular complexity index is 526. The zero-order valence-electron chi connectivity index (χ0n) is 11.5. The summed E-state index contributed by atoms with van der Waals surface area (Å²) in [6.45, 7) is 0.461. The fourth-order valence-corrected chi connectivity index (χ4v) is 2.09. The highest BCUT2D eigenvalue weighted by Gasteiger charge is 2.25. The highest BCUT2D eigenvalue weighted by Crippen LogP contribution is 2.14. The molecule has 7 nitrogen and oxygen atoms in total. The number of nitrogens with two attached hydrogens (primary N) is 1. The summed E-state index contributed by atoms with van der Waals surface area (Å²) in [6.07, 6.45) is 1.45. The molecule has 0 saturated carbocycles. The zero-order chi connectivity index (χ0) is 15.2. The predicted octanol–water partition coefficient (Wildman–Crippen LogP) is 0.208. The van der Waals surface area contributed by atoms with Crippen molar-refractivity contribution in [2.24, 2.45) is 5.84 Å². The minimum absolute atomic E-state index is 0.148. The zero-order valence-corrected chi connectivity index (χ0v) is 11.5. The van der Waals surface area contributed by atoms with Crippen molar-refractivity contribution in [3.05, 3.63) is 29.8 Å². The van der Waals surface area contributed by atoms with Gasteiger partial charge in [-0.2, -0.15) is 0 Å². The van der Waals surface area contributed by atoms with E-state index in [1.807, 2.05) is 5.43 Å². The first-order chi connectivity index (χ1) is 10.1. The van der Waals surface area contributed by atoms with Crippen LogP contribution in [-0.4, -0.2) is 35.8 Å². The summed E-state index contributed by atoms with van der Waals surface area (Å²) in [5, 5.41) is 0. The van der Waals surface area contributed by atoms with Gasteiger partial charge in [0.1, 0.15) is 12.4 Å². The molecule has 1 fully saturated rings. The van der Waals surface area contributed by atoms with Gasteiger partial charge in [0.15, 0.2) is 0 Å². The summed E-state index contributed by atoms with van der Waals surface area (Å²) >= 11 is 0. The Morgan fingerprint density at radius 2 is 1.81 bits per heavy atom. The quantitative estimate of drug-likeness (QED) is 0.349. The molecule has 0 bridgehead atoms. The van der Waals surface area contributed by atoms with Gasteiger partial charge in [-0.05, 0) is 30.7 Å². The van der Waals surface area contributed by atoms with Gasteiger partial charge >= 0.3 is 0 Å². The average molecular weight is 291 g/mol. The molecule has 1 aliphatic rings. The minimum atomic E-state index is -0.383. The van der Waals surface area contributed by atoms with Crippen LogP contribution in [-0.2, 0) is 9.59 Å². The summed E-state index contributed by atoms with van der Waals surface area (Å²) < 4.78 is 5.46. The standard InChI is InChI=1S/C14H17N3O4/c15-16-14(20)10-4-6-11(7-5-10)21-9-8-17-12(18)2-1-3-13(17)19/h4-7H,1-3,8-9,15H2,(H,16,20). The largest absolute Gasteiger partial charge is 0.492 e. The van der Waals surface area contributed by atoms with Crippen molar-refractivity contribution in [2.75, 3.05) is 13.2 Å². The van der Waals surface area contributed by atoms with Crippen molar-refractivity contribution in [1.82, 2.24) is 10.3 Å². The highest BCUT2D eigenvalue weighted by molar-refractivity contribution is 5.97. The Morgan fingerprint density at radius 1 is 1.19 bits per heavy atom. The smallest absolute Gasteiger partial charge is 0.265 e. The fraction of sp³-hybridized carbons (Fsp3) is 0.357. The lowest BCUT2D eigenvalue weighted by molar-refractivity contribution is -0.148. The number of hydrazine groups is 1. The minimum Gasteiger partial charge on any atom is -0.492 e. The van der Waals surface area contributed by atoms with Crippen molar-refractivity contribution >= 4 is 17.7 Å². The first-order valence-corrected chi connectivity index (χ1v) is 6.69. The van der Waals surface area contributed by atoms with Gasteiger partial charge < -0.3 is 4.74 Å². The second-order valence-corrected chi connectivity index (χ2v) is 4.64. The summed E-state index contributed by atoms with van der Waals surface area (Å²) in [4.78, 5) is 35.7. The maximum atomic E-state index is 11.6. The number of hydrogen-bond acceptors (Lipinski definition) is 5. The highest BCUT2D eigenvalue weighted by atomic mass is 16.5. The lowest BCUT2D eigenvalue weighted by Crippen LogP contribution is -2.42. The van der Waals surface area contributed by atoms with Crippen molar-refractivity contribution in [2.45, 2.75) is 19.3 Å². The monoisotopic (exact) mass is 291 g/mol. The number of nitrogens with one attached hydrogen (secondary N) is 1. The number of carbonyl (C=O) groups is 3. The second-order valence-electron chi connectivity index (χ2n) is 4.64. The molecule has 0 atom stereocenters. The van der Waals surface area contributed by atoms with Crippen LogP contribution in [0, 0.1) is 0 Å². The van der Waals surface area contributed by atoms with Crippen molar-refractivity contribution in [3.63, 3.8) is 0 Å². The molecule has 0 aromatic heterocycles. The molecule has 3 N–H and O–H groups in total. The van der Waals surface area contributed by atoms with Gasteiger partial charge in [0, 0.05) is 18.4 Å². The van der Waals surface area contributed by atoms with E-state index in [4.69, 9.17) is 10.6 Å². The van der Waals surface area contributed by atoms with Gasteiger partial charge in [0.25, 0.3) is 5.91 Å². The third-order valence-electron chi connectivity index (χ3n) is 3.21. The van der Waals surface area contributed by atoms with Crippen LogP contribution in [0.1, 0.15) is 29.6 Å². The van der Waals surface area contributed by atoms with E-state index >= 15 is 0 Å². The molecule has 3 amide bonds. The second kappa shape index (κ2) is 6.85. The molecule has 0 unspecified atom stereocenters. The lowest BCUT2D eigenvalue weighted by Gasteiger charge is -2.24. The van der Waals surface area contributed by atoms with Crippen LogP contribution in [0.15, 0.2) is 24.3 Å². The van der Waals surface area contributed by atoms with E-state index in [-0.39, 0.29) is 30.9 Å². The number of nitrogens with zero attached hydrogens (tertiary/aromatic N) is 1. The van der Waals surface area contributed by atoms with Gasteiger partial charge in [0.2, 0.25) is 11.8 Å². The van der Waals surface area contributed by atoms with Crippen molar-refractivity contribution in [3.8, 4) is 5.75 Å². The van der Waals surface area contributed by atoms with E-state index in [2.05, 4.69) is 0 Å². The first kappa shape index (κ1) is 15.0. The fourth-order valence-electron chi connectivity index (χ4n) is 2.09. The van der Waals surface area contributed by atoms with Gasteiger partial charge in [0.05, 0.1) is 6.54 Å². The van der Waals surface area contributed by atoms with Crippen molar-refractivity contribution < 1.29 is 19.1 Å². The van der Waals surface area contributed by atoms with E-state index < -0.39 is 0 Å². The summed E-state index contributed by atoms with van der Waals surface area (Å²) in [5.74, 6) is 4.91. The maximum absolute atomic E-state index is 11.6. The van der Waals surface area contributed by atoms with Crippen molar-refractivity contribution in [1.29, 1.82) is 0 Å². The topological polar surface area (TPSA) is 102 Å². The molecular weight excluding hydrogens is 274 g/mol. The van der Waals surface area contributed by atoms with Crippen LogP contribution in [0.3, 0.4) is 0 Å². The Hall–Kier alpha value is -2.41. The Morgan fingerprint density at radius 3 is 2.38 bits per heavy atom. The third kappa shape index (κ3) is 3.79. The van der Waals surface area contributed by atoms with Crippen LogP contribution < -0.4 is 16.0 Å². The number of benzene rings is 1. The number of hydrogen-bond donors (Lipinski definition) is 2. The number of ether oxygens (including phenoxy) is 1. The van der Waals surface area contributed by atoms with E-state index in [9.17, 15) is 14.4 Å². The van der Waals surface area contributed by atoms with Gasteiger partial charge in [-0.3, -0.25) is 24.7 Å². The molecule has 1 aliphatic heterocycles. The van der Waals surface area contributed by atoms with E-state index in [0.717, 1.165) is 0 Å². The first-order valence-electron chi connectivity index (χ1n) is 6.69. The van der Waals surface area contributed by atoms with Crippen LogP contribution in [0.5, 0.6) is 5.75 Å². The normalized spacial score (nSPS) is 15.0. The summed E-state index contributed by atoms with van der Waals surface area (Å²) in [7, 11) is 0. The average Bonchev–Trinajstić information content (AvgIpc) is 2.50. The molecule has 0 radical (unpaired) electrons. The van der Waals surface area contributed by atoms with E-state index in [0.29, 0.717) is 30.6 Å². The summed E-state index contributed by atoms with van der Waals surface area (Å²) in [5.41, 5.74) is 2.46. The lowest BCUT2D eigenvalue weighted by atomic mass is 10.1. The Labute approximate surface area is 122 Å². The van der Waals surface area contributed by atoms with Crippen LogP contribution in [0.2, 0.25) is 0 Å². The number of carbonyl (C=O) groups excluding carboxylic acids is 3. The van der Waals surface area contributed by atoms with Crippen LogP contribution >= 0.6 is 0 Å². The molecule has 0 spiro atoms. The number of rotatable bonds is 5. The van der Waals surface area contributed by atoms with Gasteiger partial charge in [-0.25, -0.2) is 5.84 Å². The molecule has 1 aromatic carbocycles. The number of amides is 3. The number of nitrogen functional groups attached to an aromatic ring is 1.